The Morgan fingerprint density at radius 1 is 1.06 bits per heavy atom. The van der Waals surface area contributed by atoms with Gasteiger partial charge in [-0.05, 0) is 43.4 Å². The van der Waals surface area contributed by atoms with Gasteiger partial charge in [0.05, 0.1) is 0 Å². The molecule has 1 unspecified atom stereocenters. The molecule has 1 N–H and O–H groups in total. The summed E-state index contributed by atoms with van der Waals surface area (Å²) >= 11 is 0. The molecule has 0 amide bonds. The fourth-order valence-electron chi connectivity index (χ4n) is 3.07. The van der Waals surface area contributed by atoms with Crippen LogP contribution in [0, 0.1) is 0 Å². The Morgan fingerprint density at radius 2 is 1.88 bits per heavy atom. The number of hydrogen-bond acceptors (Lipinski definition) is 2. The summed E-state index contributed by atoms with van der Waals surface area (Å²) in [5.74, 6) is 1.87. The van der Waals surface area contributed by atoms with Gasteiger partial charge in [-0.2, -0.15) is 0 Å². The molecule has 2 heteroatoms. The van der Waals surface area contributed by atoms with Crippen molar-refractivity contribution in [2.24, 2.45) is 0 Å². The molecule has 2 nitrogen and oxygen atoms in total. The highest BCUT2D eigenvalue weighted by atomic mass is 16.5. The summed E-state index contributed by atoms with van der Waals surface area (Å²) < 4.78 is 6.16. The largest absolute Gasteiger partial charge is 0.489 e. The highest BCUT2D eigenvalue weighted by molar-refractivity contribution is 5.37. The quantitative estimate of drug-likeness (QED) is 0.863. The van der Waals surface area contributed by atoms with Crippen LogP contribution >= 0.6 is 0 Å². The summed E-state index contributed by atoms with van der Waals surface area (Å²) in [4.78, 5) is 0. The topological polar surface area (TPSA) is 21.3 Å². The second-order valence-electron chi connectivity index (χ2n) is 5.25. The Morgan fingerprint density at radius 3 is 2.65 bits per heavy atom. The van der Waals surface area contributed by atoms with Crippen LogP contribution in [-0.4, -0.2) is 19.2 Å². The summed E-state index contributed by atoms with van der Waals surface area (Å²) in [5.41, 5.74) is 1.44. The predicted octanol–water partition coefficient (Wildman–Crippen LogP) is 3.08. The van der Waals surface area contributed by atoms with Gasteiger partial charge in [0.1, 0.15) is 11.9 Å². The lowest BCUT2D eigenvalue weighted by atomic mass is 9.97. The summed E-state index contributed by atoms with van der Waals surface area (Å²) in [7, 11) is 0. The van der Waals surface area contributed by atoms with E-state index >= 15 is 0 Å². The first-order valence-electron chi connectivity index (χ1n) is 6.90. The number of nitrogens with one attached hydrogen (secondary N) is 1. The van der Waals surface area contributed by atoms with E-state index in [4.69, 9.17) is 4.74 Å². The molecule has 2 aliphatic rings. The van der Waals surface area contributed by atoms with E-state index in [2.05, 4.69) is 29.6 Å². The zero-order valence-corrected chi connectivity index (χ0v) is 10.3. The van der Waals surface area contributed by atoms with Gasteiger partial charge >= 0.3 is 0 Å². The van der Waals surface area contributed by atoms with Crippen LogP contribution in [0.15, 0.2) is 24.3 Å². The molecule has 2 fully saturated rings. The fraction of sp³-hybridized carbons (Fsp3) is 0.600. The van der Waals surface area contributed by atoms with Crippen LogP contribution in [0.3, 0.4) is 0 Å². The molecule has 1 heterocycles. The monoisotopic (exact) mass is 231 g/mol. The standard InChI is InChI=1S/C15H21NO/c1-2-6-12(5-1)14-7-3-4-8-15(14)17-13-9-10-16-11-13/h3-4,7-8,12-13,16H,1-2,5-6,9-11H2. The van der Waals surface area contributed by atoms with Crippen molar-refractivity contribution in [3.8, 4) is 5.75 Å². The number of ether oxygens (including phenoxy) is 1. The Balaban J connectivity index is 1.77. The molecule has 0 radical (unpaired) electrons. The van der Waals surface area contributed by atoms with E-state index < -0.39 is 0 Å². The average molecular weight is 231 g/mol. The van der Waals surface area contributed by atoms with E-state index in [9.17, 15) is 0 Å². The van der Waals surface area contributed by atoms with E-state index in [0.717, 1.165) is 31.2 Å². The number of hydrogen-bond donors (Lipinski definition) is 1. The maximum Gasteiger partial charge on any atom is 0.123 e. The SMILES string of the molecule is c1ccc(C2CCCC2)c(OC2CCNC2)c1. The molecular formula is C15H21NO. The van der Waals surface area contributed by atoms with Gasteiger partial charge in [-0.3, -0.25) is 0 Å². The average Bonchev–Trinajstić information content (AvgIpc) is 3.01. The Bertz CT molecular complexity index is 365. The normalized spacial score (nSPS) is 25.3. The third kappa shape index (κ3) is 2.47. The van der Waals surface area contributed by atoms with Gasteiger partial charge in [0.2, 0.25) is 0 Å². The van der Waals surface area contributed by atoms with Crippen LogP contribution in [-0.2, 0) is 0 Å². The van der Waals surface area contributed by atoms with Crippen molar-refractivity contribution in [1.29, 1.82) is 0 Å². The Labute approximate surface area is 103 Å². The first-order chi connectivity index (χ1) is 8.43. The molecule has 1 aliphatic heterocycles. The molecule has 1 aliphatic carbocycles. The van der Waals surface area contributed by atoms with Crippen molar-refractivity contribution in [3.05, 3.63) is 29.8 Å². The molecule has 1 aromatic rings. The summed E-state index contributed by atoms with van der Waals surface area (Å²) in [5, 5.41) is 3.36. The lowest BCUT2D eigenvalue weighted by molar-refractivity contribution is 0.219. The van der Waals surface area contributed by atoms with Crippen LogP contribution in [0.5, 0.6) is 5.75 Å². The van der Waals surface area contributed by atoms with E-state index in [1.165, 1.54) is 31.2 Å². The highest BCUT2D eigenvalue weighted by Crippen LogP contribution is 2.38. The fourth-order valence-corrected chi connectivity index (χ4v) is 3.07. The second kappa shape index (κ2) is 5.09. The van der Waals surface area contributed by atoms with E-state index in [1.54, 1.807) is 0 Å². The third-order valence-corrected chi connectivity index (χ3v) is 4.02. The number of benzene rings is 1. The molecule has 17 heavy (non-hydrogen) atoms. The van der Waals surface area contributed by atoms with Crippen molar-refractivity contribution in [2.45, 2.75) is 44.1 Å². The number of rotatable bonds is 3. The van der Waals surface area contributed by atoms with Gasteiger partial charge in [0, 0.05) is 6.54 Å². The molecule has 1 saturated carbocycles. The Kier molecular flexibility index (Phi) is 3.32. The molecule has 0 spiro atoms. The molecule has 1 aromatic carbocycles. The zero-order chi connectivity index (χ0) is 11.5. The van der Waals surface area contributed by atoms with Crippen molar-refractivity contribution in [1.82, 2.24) is 5.32 Å². The first-order valence-corrected chi connectivity index (χ1v) is 6.90. The van der Waals surface area contributed by atoms with Crippen LogP contribution in [0.2, 0.25) is 0 Å². The molecule has 92 valence electrons. The third-order valence-electron chi connectivity index (χ3n) is 4.02. The first kappa shape index (κ1) is 11.1. The van der Waals surface area contributed by atoms with Gasteiger partial charge < -0.3 is 10.1 Å². The molecule has 1 atom stereocenters. The van der Waals surface area contributed by atoms with Crippen molar-refractivity contribution >= 4 is 0 Å². The van der Waals surface area contributed by atoms with Gasteiger partial charge in [-0.25, -0.2) is 0 Å². The van der Waals surface area contributed by atoms with Crippen molar-refractivity contribution in [3.63, 3.8) is 0 Å². The molecular weight excluding hydrogens is 210 g/mol. The van der Waals surface area contributed by atoms with Crippen LogP contribution < -0.4 is 10.1 Å². The Hall–Kier alpha value is -1.02. The number of para-hydroxylation sites is 1. The highest BCUT2D eigenvalue weighted by Gasteiger charge is 2.22. The maximum atomic E-state index is 6.16. The molecule has 0 aromatic heterocycles. The van der Waals surface area contributed by atoms with Gasteiger partial charge in [0.15, 0.2) is 0 Å². The van der Waals surface area contributed by atoms with E-state index in [0.29, 0.717) is 6.10 Å². The van der Waals surface area contributed by atoms with Crippen molar-refractivity contribution < 1.29 is 4.74 Å². The molecule has 1 saturated heterocycles. The lowest BCUT2D eigenvalue weighted by Gasteiger charge is -2.19. The van der Waals surface area contributed by atoms with Gasteiger partial charge in [-0.15, -0.1) is 0 Å². The van der Waals surface area contributed by atoms with Crippen LogP contribution in [0.1, 0.15) is 43.6 Å². The van der Waals surface area contributed by atoms with E-state index in [-0.39, 0.29) is 0 Å². The van der Waals surface area contributed by atoms with Crippen LogP contribution in [0.4, 0.5) is 0 Å². The van der Waals surface area contributed by atoms with Gasteiger partial charge in [0.25, 0.3) is 0 Å². The summed E-state index contributed by atoms with van der Waals surface area (Å²) in [6.45, 7) is 2.09. The minimum Gasteiger partial charge on any atom is -0.489 e. The van der Waals surface area contributed by atoms with Crippen LogP contribution in [0.25, 0.3) is 0 Å². The summed E-state index contributed by atoms with van der Waals surface area (Å²) in [6, 6.07) is 8.64. The maximum absolute atomic E-state index is 6.16. The minimum atomic E-state index is 0.373. The smallest absolute Gasteiger partial charge is 0.123 e. The predicted molar refractivity (Wildman–Crippen MR) is 69.6 cm³/mol. The van der Waals surface area contributed by atoms with Crippen molar-refractivity contribution in [2.75, 3.05) is 13.1 Å². The minimum absolute atomic E-state index is 0.373. The second-order valence-corrected chi connectivity index (χ2v) is 5.25. The zero-order valence-electron chi connectivity index (χ0n) is 10.3. The molecule has 0 bridgehead atoms. The molecule has 3 rings (SSSR count). The lowest BCUT2D eigenvalue weighted by Crippen LogP contribution is -2.20. The summed E-state index contributed by atoms with van der Waals surface area (Å²) in [6.07, 6.45) is 6.94. The van der Waals surface area contributed by atoms with E-state index in [1.807, 2.05) is 0 Å². The van der Waals surface area contributed by atoms with Gasteiger partial charge in [-0.1, -0.05) is 31.0 Å².